The van der Waals surface area contributed by atoms with Crippen molar-refractivity contribution in [1.29, 1.82) is 0 Å². The largest absolute Gasteiger partial charge is 0.339 e. The average Bonchev–Trinajstić information content (AvgIpc) is 2.67. The molecule has 0 aromatic heterocycles. The van der Waals surface area contributed by atoms with Crippen molar-refractivity contribution in [3.05, 3.63) is 64.2 Å². The van der Waals surface area contributed by atoms with Gasteiger partial charge in [-0.05, 0) is 55.2 Å². The molecule has 154 valence electrons. The quantitative estimate of drug-likeness (QED) is 0.776. The van der Waals surface area contributed by atoms with E-state index in [2.05, 4.69) is 5.32 Å². The zero-order chi connectivity index (χ0) is 21.0. The smallest absolute Gasteiger partial charge is 0.255 e. The van der Waals surface area contributed by atoms with Crippen molar-refractivity contribution < 1.29 is 18.0 Å². The Morgan fingerprint density at radius 1 is 1.03 bits per heavy atom. The molecule has 2 amide bonds. The lowest BCUT2D eigenvalue weighted by molar-refractivity contribution is 0.0725. The normalized spacial score (nSPS) is 14.5. The second-order valence-corrected chi connectivity index (χ2v) is 9.84. The minimum Gasteiger partial charge on any atom is -0.339 e. The molecule has 0 atom stereocenters. The van der Waals surface area contributed by atoms with E-state index in [0.717, 1.165) is 25.5 Å². The highest BCUT2D eigenvalue weighted by atomic mass is 35.5. The van der Waals surface area contributed by atoms with Crippen LogP contribution in [-0.4, -0.2) is 44.5 Å². The number of piperidine rings is 1. The van der Waals surface area contributed by atoms with E-state index < -0.39 is 15.7 Å². The third-order valence-corrected chi connectivity index (χ3v) is 5.84. The lowest BCUT2D eigenvalue weighted by Crippen LogP contribution is -2.36. The number of nitrogens with zero attached hydrogens (tertiary/aromatic N) is 1. The molecule has 1 aliphatic heterocycles. The molecule has 2 aromatic carbocycles. The summed E-state index contributed by atoms with van der Waals surface area (Å²) in [5.41, 5.74) is 1.73. The number of carbonyl (C=O) groups excluding carboxylic acids is 2. The minimum absolute atomic E-state index is 0.0856. The standard InChI is InChI=1S/C21H23ClN2O4S/c1-29(27,28)14-15-5-7-16(8-6-15)20(25)23-19-13-17(22)9-10-18(19)21(26)24-11-3-2-4-12-24/h5-10,13H,2-4,11-12,14H2,1H3,(H,23,25). The molecular formula is C21H23ClN2O4S. The highest BCUT2D eigenvalue weighted by Gasteiger charge is 2.22. The van der Waals surface area contributed by atoms with Gasteiger partial charge in [0.25, 0.3) is 11.8 Å². The number of hydrogen-bond donors (Lipinski definition) is 1. The zero-order valence-corrected chi connectivity index (χ0v) is 17.7. The second kappa shape index (κ2) is 8.97. The van der Waals surface area contributed by atoms with Gasteiger partial charge < -0.3 is 10.2 Å². The van der Waals surface area contributed by atoms with E-state index in [1.807, 2.05) is 0 Å². The van der Waals surface area contributed by atoms with Gasteiger partial charge >= 0.3 is 0 Å². The molecule has 0 unspecified atom stereocenters. The molecule has 1 N–H and O–H groups in total. The number of rotatable bonds is 5. The molecule has 0 radical (unpaired) electrons. The predicted molar refractivity (Wildman–Crippen MR) is 114 cm³/mol. The summed E-state index contributed by atoms with van der Waals surface area (Å²) in [5.74, 6) is -0.608. The van der Waals surface area contributed by atoms with Gasteiger partial charge in [-0.3, -0.25) is 9.59 Å². The second-order valence-electron chi connectivity index (χ2n) is 7.26. The lowest BCUT2D eigenvalue weighted by Gasteiger charge is -2.27. The van der Waals surface area contributed by atoms with Crippen LogP contribution in [0.1, 0.15) is 45.5 Å². The van der Waals surface area contributed by atoms with E-state index in [0.29, 0.717) is 40.5 Å². The first kappa shape index (κ1) is 21.3. The van der Waals surface area contributed by atoms with E-state index in [1.165, 1.54) is 0 Å². The first-order valence-electron chi connectivity index (χ1n) is 9.40. The molecule has 1 saturated heterocycles. The maximum absolute atomic E-state index is 12.9. The highest BCUT2D eigenvalue weighted by Crippen LogP contribution is 2.25. The van der Waals surface area contributed by atoms with Crippen molar-refractivity contribution >= 4 is 38.9 Å². The molecule has 29 heavy (non-hydrogen) atoms. The molecular weight excluding hydrogens is 412 g/mol. The number of carbonyl (C=O) groups is 2. The number of likely N-dealkylation sites (tertiary alicyclic amines) is 1. The number of anilines is 1. The van der Waals surface area contributed by atoms with Crippen LogP contribution in [0.2, 0.25) is 5.02 Å². The average molecular weight is 435 g/mol. The van der Waals surface area contributed by atoms with Gasteiger partial charge in [0.2, 0.25) is 0 Å². The van der Waals surface area contributed by atoms with Crippen LogP contribution in [-0.2, 0) is 15.6 Å². The van der Waals surface area contributed by atoms with Crippen molar-refractivity contribution in [1.82, 2.24) is 4.90 Å². The maximum atomic E-state index is 12.9. The Balaban J connectivity index is 1.79. The Morgan fingerprint density at radius 3 is 2.31 bits per heavy atom. The topological polar surface area (TPSA) is 83.5 Å². The fourth-order valence-corrected chi connectivity index (χ4v) is 4.29. The number of halogens is 1. The van der Waals surface area contributed by atoms with Crippen LogP contribution in [0.3, 0.4) is 0 Å². The van der Waals surface area contributed by atoms with E-state index in [-0.39, 0.29) is 11.7 Å². The summed E-state index contributed by atoms with van der Waals surface area (Å²) in [4.78, 5) is 27.4. The number of nitrogens with one attached hydrogen (secondary N) is 1. The Labute approximate surface area is 175 Å². The summed E-state index contributed by atoms with van der Waals surface area (Å²) >= 11 is 6.09. The highest BCUT2D eigenvalue weighted by molar-refractivity contribution is 7.89. The minimum atomic E-state index is -3.15. The van der Waals surface area contributed by atoms with E-state index >= 15 is 0 Å². The molecule has 6 nitrogen and oxygen atoms in total. The molecule has 3 rings (SSSR count). The third kappa shape index (κ3) is 5.81. The number of amides is 2. The fraction of sp³-hybridized carbons (Fsp3) is 0.333. The number of hydrogen-bond acceptors (Lipinski definition) is 4. The maximum Gasteiger partial charge on any atom is 0.255 e. The van der Waals surface area contributed by atoms with Gasteiger partial charge in [-0.2, -0.15) is 0 Å². The summed E-state index contributed by atoms with van der Waals surface area (Å²) in [6.07, 6.45) is 4.22. The third-order valence-electron chi connectivity index (χ3n) is 4.75. The Kier molecular flexibility index (Phi) is 6.59. The molecule has 0 saturated carbocycles. The summed E-state index contributed by atoms with van der Waals surface area (Å²) in [7, 11) is -3.15. The number of benzene rings is 2. The first-order chi connectivity index (χ1) is 13.7. The Morgan fingerprint density at radius 2 is 1.69 bits per heavy atom. The van der Waals surface area contributed by atoms with Crippen LogP contribution < -0.4 is 5.32 Å². The van der Waals surface area contributed by atoms with Crippen LogP contribution in [0.15, 0.2) is 42.5 Å². The van der Waals surface area contributed by atoms with Gasteiger partial charge in [0.15, 0.2) is 9.84 Å². The molecule has 1 aliphatic rings. The molecule has 0 bridgehead atoms. The van der Waals surface area contributed by atoms with Gasteiger partial charge in [-0.1, -0.05) is 23.7 Å². The van der Waals surface area contributed by atoms with Crippen molar-refractivity contribution in [3.63, 3.8) is 0 Å². The summed E-state index contributed by atoms with van der Waals surface area (Å²) in [6.45, 7) is 1.41. The number of sulfone groups is 1. The van der Waals surface area contributed by atoms with Crippen molar-refractivity contribution in [2.75, 3.05) is 24.7 Å². The van der Waals surface area contributed by atoms with Gasteiger partial charge in [0, 0.05) is 29.9 Å². The summed E-state index contributed by atoms with van der Waals surface area (Å²) in [5, 5.41) is 3.18. The van der Waals surface area contributed by atoms with E-state index in [4.69, 9.17) is 11.6 Å². The molecule has 0 spiro atoms. The molecule has 8 heteroatoms. The summed E-state index contributed by atoms with van der Waals surface area (Å²) in [6, 6.07) is 11.2. The van der Waals surface area contributed by atoms with Crippen LogP contribution >= 0.6 is 11.6 Å². The molecule has 0 aliphatic carbocycles. The van der Waals surface area contributed by atoms with Gasteiger partial charge in [-0.15, -0.1) is 0 Å². The SMILES string of the molecule is CS(=O)(=O)Cc1ccc(C(=O)Nc2cc(Cl)ccc2C(=O)N2CCCCC2)cc1. The van der Waals surface area contributed by atoms with Gasteiger partial charge in [0.05, 0.1) is 17.0 Å². The van der Waals surface area contributed by atoms with Crippen LogP contribution in [0.25, 0.3) is 0 Å². The van der Waals surface area contributed by atoms with E-state index in [1.54, 1.807) is 47.4 Å². The van der Waals surface area contributed by atoms with E-state index in [9.17, 15) is 18.0 Å². The van der Waals surface area contributed by atoms with Crippen LogP contribution in [0, 0.1) is 0 Å². The monoisotopic (exact) mass is 434 g/mol. The van der Waals surface area contributed by atoms with Crippen molar-refractivity contribution in [2.24, 2.45) is 0 Å². The van der Waals surface area contributed by atoms with Crippen molar-refractivity contribution in [2.45, 2.75) is 25.0 Å². The van der Waals surface area contributed by atoms with Crippen molar-refractivity contribution in [3.8, 4) is 0 Å². The predicted octanol–water partition coefficient (Wildman–Crippen LogP) is 3.76. The fourth-order valence-electron chi connectivity index (χ4n) is 3.32. The molecule has 1 heterocycles. The first-order valence-corrected chi connectivity index (χ1v) is 11.8. The summed E-state index contributed by atoms with van der Waals surface area (Å²) < 4.78 is 22.8. The molecule has 2 aromatic rings. The Bertz CT molecular complexity index is 1010. The Hall–Kier alpha value is -2.38. The lowest BCUT2D eigenvalue weighted by atomic mass is 10.1. The zero-order valence-electron chi connectivity index (χ0n) is 16.2. The van der Waals surface area contributed by atoms with Crippen LogP contribution in [0.5, 0.6) is 0 Å². The van der Waals surface area contributed by atoms with Crippen LogP contribution in [0.4, 0.5) is 5.69 Å². The molecule has 1 fully saturated rings. The van der Waals surface area contributed by atoms with Gasteiger partial charge in [-0.25, -0.2) is 8.42 Å². The van der Waals surface area contributed by atoms with Gasteiger partial charge in [0.1, 0.15) is 0 Å².